The predicted octanol–water partition coefficient (Wildman–Crippen LogP) is 0.768. The van der Waals surface area contributed by atoms with Crippen molar-refractivity contribution in [1.82, 2.24) is 10.9 Å². The van der Waals surface area contributed by atoms with Crippen molar-refractivity contribution in [3.05, 3.63) is 54.1 Å². The molecule has 2 N–H and O–H groups in total. The first kappa shape index (κ1) is 20.0. The van der Waals surface area contributed by atoms with E-state index in [-0.39, 0.29) is 13.0 Å². The summed E-state index contributed by atoms with van der Waals surface area (Å²) in [5, 5.41) is 0. The van der Waals surface area contributed by atoms with Gasteiger partial charge in [-0.3, -0.25) is 25.2 Å². The Labute approximate surface area is 166 Å². The molecule has 0 aromatic heterocycles. The van der Waals surface area contributed by atoms with Gasteiger partial charge >= 0.3 is 5.97 Å². The van der Waals surface area contributed by atoms with E-state index >= 15 is 0 Å². The zero-order valence-electron chi connectivity index (χ0n) is 15.7. The average Bonchev–Trinajstić information content (AvgIpc) is 2.76. The molecule has 1 heterocycles. The smallest absolute Gasteiger partial charge is 0.310 e. The van der Waals surface area contributed by atoms with Crippen molar-refractivity contribution in [3.8, 4) is 17.2 Å². The summed E-state index contributed by atoms with van der Waals surface area (Å²) >= 11 is 0. The van der Waals surface area contributed by atoms with E-state index in [0.717, 1.165) is 5.56 Å². The van der Waals surface area contributed by atoms with Gasteiger partial charge in [-0.05, 0) is 29.8 Å². The van der Waals surface area contributed by atoms with E-state index in [2.05, 4.69) is 10.9 Å². The Morgan fingerprint density at radius 3 is 2.48 bits per heavy atom. The van der Waals surface area contributed by atoms with Gasteiger partial charge in [0, 0.05) is 0 Å². The van der Waals surface area contributed by atoms with E-state index < -0.39 is 30.5 Å². The third kappa shape index (κ3) is 5.61. The summed E-state index contributed by atoms with van der Waals surface area (Å²) in [5.74, 6) is -0.177. The monoisotopic (exact) mass is 400 g/mol. The Kier molecular flexibility index (Phi) is 6.51. The second-order valence-electron chi connectivity index (χ2n) is 6.09. The van der Waals surface area contributed by atoms with Gasteiger partial charge in [-0.2, -0.15) is 0 Å². The van der Waals surface area contributed by atoms with Crippen molar-refractivity contribution in [2.45, 2.75) is 12.5 Å². The molecule has 0 saturated heterocycles. The number of benzene rings is 2. The highest BCUT2D eigenvalue weighted by atomic mass is 16.6. The molecule has 0 spiro atoms. The van der Waals surface area contributed by atoms with E-state index in [0.29, 0.717) is 17.2 Å². The van der Waals surface area contributed by atoms with Crippen molar-refractivity contribution >= 4 is 17.8 Å². The van der Waals surface area contributed by atoms with Crippen LogP contribution >= 0.6 is 0 Å². The summed E-state index contributed by atoms with van der Waals surface area (Å²) in [7, 11) is 1.55. The first-order valence-electron chi connectivity index (χ1n) is 8.81. The number of hydrazine groups is 1. The van der Waals surface area contributed by atoms with Gasteiger partial charge in [0.2, 0.25) is 6.10 Å². The number of nitrogens with one attached hydrogen (secondary N) is 2. The Bertz CT molecular complexity index is 883. The van der Waals surface area contributed by atoms with Crippen LogP contribution in [0.1, 0.15) is 5.56 Å². The van der Waals surface area contributed by atoms with Crippen LogP contribution in [0.25, 0.3) is 0 Å². The number of amides is 2. The molecule has 2 aromatic carbocycles. The van der Waals surface area contributed by atoms with Crippen molar-refractivity contribution in [1.29, 1.82) is 0 Å². The maximum Gasteiger partial charge on any atom is 0.310 e. The standard InChI is InChI=1S/C20H20N2O7/c1-26-14-8-6-13(7-9-14)10-19(24)28-12-18(23)21-22-20(25)17-11-27-15-4-2-3-5-16(15)29-17/h2-9,17H,10-12H2,1H3,(H,21,23)(H,22,25)/t17-/m1/s1. The lowest BCUT2D eigenvalue weighted by atomic mass is 10.1. The number of carbonyl (C=O) groups excluding carboxylic acids is 3. The summed E-state index contributed by atoms with van der Waals surface area (Å²) in [6.07, 6.45) is -0.904. The molecule has 0 unspecified atom stereocenters. The number of para-hydroxylation sites is 2. The SMILES string of the molecule is COc1ccc(CC(=O)OCC(=O)NNC(=O)[C@H]2COc3ccccc3O2)cc1. The molecule has 29 heavy (non-hydrogen) atoms. The Balaban J connectivity index is 1.37. The van der Waals surface area contributed by atoms with Crippen molar-refractivity contribution in [2.24, 2.45) is 0 Å². The molecule has 1 aliphatic heterocycles. The van der Waals surface area contributed by atoms with Crippen LogP contribution in [0.3, 0.4) is 0 Å². The van der Waals surface area contributed by atoms with Crippen LogP contribution < -0.4 is 25.1 Å². The molecule has 1 atom stereocenters. The number of hydrogen-bond donors (Lipinski definition) is 2. The molecule has 0 radical (unpaired) electrons. The van der Waals surface area contributed by atoms with Crippen LogP contribution in [0.15, 0.2) is 48.5 Å². The third-order valence-corrected chi connectivity index (χ3v) is 4.00. The molecule has 2 amide bonds. The third-order valence-electron chi connectivity index (χ3n) is 4.00. The summed E-state index contributed by atoms with van der Waals surface area (Å²) < 4.78 is 20.9. The fourth-order valence-electron chi connectivity index (χ4n) is 2.50. The van der Waals surface area contributed by atoms with Gasteiger partial charge in [0.25, 0.3) is 11.8 Å². The lowest BCUT2D eigenvalue weighted by Gasteiger charge is -2.25. The molecule has 1 aliphatic rings. The zero-order valence-corrected chi connectivity index (χ0v) is 15.7. The molecule has 9 heteroatoms. The summed E-state index contributed by atoms with van der Waals surface area (Å²) in [6, 6.07) is 13.8. The molecule has 2 aromatic rings. The first-order valence-corrected chi connectivity index (χ1v) is 8.81. The number of ether oxygens (including phenoxy) is 4. The van der Waals surface area contributed by atoms with Crippen molar-refractivity contribution in [2.75, 3.05) is 20.3 Å². The van der Waals surface area contributed by atoms with Gasteiger partial charge < -0.3 is 18.9 Å². The molecule has 3 rings (SSSR count). The second-order valence-corrected chi connectivity index (χ2v) is 6.09. The van der Waals surface area contributed by atoms with Gasteiger partial charge in [-0.25, -0.2) is 0 Å². The van der Waals surface area contributed by atoms with E-state index in [1.807, 2.05) is 0 Å². The average molecular weight is 400 g/mol. The molecule has 0 saturated carbocycles. The van der Waals surface area contributed by atoms with Crippen LogP contribution in [0.2, 0.25) is 0 Å². The Morgan fingerprint density at radius 1 is 1.03 bits per heavy atom. The summed E-state index contributed by atoms with van der Waals surface area (Å²) in [5.41, 5.74) is 5.11. The van der Waals surface area contributed by atoms with Gasteiger partial charge in [0.1, 0.15) is 12.4 Å². The largest absolute Gasteiger partial charge is 0.497 e. The quantitative estimate of drug-likeness (QED) is 0.544. The fraction of sp³-hybridized carbons (Fsp3) is 0.250. The Hall–Kier alpha value is -3.75. The maximum atomic E-state index is 12.1. The summed E-state index contributed by atoms with van der Waals surface area (Å²) in [6.45, 7) is -0.518. The minimum absolute atomic E-state index is 0.00949. The molecular formula is C20H20N2O7. The zero-order chi connectivity index (χ0) is 20.6. The first-order chi connectivity index (χ1) is 14.0. The number of esters is 1. The minimum Gasteiger partial charge on any atom is -0.497 e. The number of carbonyl (C=O) groups is 3. The molecule has 0 fully saturated rings. The minimum atomic E-state index is -0.914. The van der Waals surface area contributed by atoms with Gasteiger partial charge in [-0.15, -0.1) is 0 Å². The van der Waals surface area contributed by atoms with E-state index in [1.54, 1.807) is 55.6 Å². The molecular weight excluding hydrogens is 380 g/mol. The number of hydrogen-bond acceptors (Lipinski definition) is 7. The van der Waals surface area contributed by atoms with Gasteiger partial charge in [0.15, 0.2) is 18.1 Å². The second kappa shape index (κ2) is 9.45. The summed E-state index contributed by atoms with van der Waals surface area (Å²) in [4.78, 5) is 35.7. The number of methoxy groups -OCH3 is 1. The lowest BCUT2D eigenvalue weighted by Crippen LogP contribution is -2.51. The van der Waals surface area contributed by atoms with Crippen LogP contribution in [0, 0.1) is 0 Å². The molecule has 9 nitrogen and oxygen atoms in total. The fourth-order valence-corrected chi connectivity index (χ4v) is 2.50. The predicted molar refractivity (Wildman–Crippen MR) is 100 cm³/mol. The van der Waals surface area contributed by atoms with Crippen LogP contribution in [-0.2, 0) is 25.5 Å². The molecule has 152 valence electrons. The maximum absolute atomic E-state index is 12.1. The Morgan fingerprint density at radius 2 is 1.76 bits per heavy atom. The molecule has 0 aliphatic carbocycles. The lowest BCUT2D eigenvalue weighted by molar-refractivity contribution is -0.148. The topological polar surface area (TPSA) is 112 Å². The highest BCUT2D eigenvalue weighted by Gasteiger charge is 2.27. The van der Waals surface area contributed by atoms with Crippen LogP contribution in [0.4, 0.5) is 0 Å². The van der Waals surface area contributed by atoms with Gasteiger partial charge in [-0.1, -0.05) is 24.3 Å². The number of fused-ring (bicyclic) bond motifs is 1. The van der Waals surface area contributed by atoms with E-state index in [4.69, 9.17) is 18.9 Å². The van der Waals surface area contributed by atoms with Crippen molar-refractivity contribution in [3.63, 3.8) is 0 Å². The van der Waals surface area contributed by atoms with Crippen LogP contribution in [0.5, 0.6) is 17.2 Å². The van der Waals surface area contributed by atoms with E-state index in [9.17, 15) is 14.4 Å². The van der Waals surface area contributed by atoms with Crippen LogP contribution in [-0.4, -0.2) is 44.2 Å². The highest BCUT2D eigenvalue weighted by molar-refractivity contribution is 5.86. The van der Waals surface area contributed by atoms with Gasteiger partial charge in [0.05, 0.1) is 13.5 Å². The number of rotatable bonds is 6. The normalized spacial score (nSPS) is 14.4. The highest BCUT2D eigenvalue weighted by Crippen LogP contribution is 2.30. The molecule has 0 bridgehead atoms. The van der Waals surface area contributed by atoms with E-state index in [1.165, 1.54) is 0 Å². The van der Waals surface area contributed by atoms with Crippen molar-refractivity contribution < 1.29 is 33.3 Å².